The van der Waals surface area contributed by atoms with E-state index in [-0.39, 0.29) is 6.09 Å². The second kappa shape index (κ2) is 7.42. The Morgan fingerprint density at radius 2 is 1.88 bits per heavy atom. The molecule has 26 heavy (non-hydrogen) atoms. The van der Waals surface area contributed by atoms with E-state index < -0.39 is 0 Å². The minimum absolute atomic E-state index is 0.226. The first kappa shape index (κ1) is 17.0. The molecule has 0 saturated carbocycles. The summed E-state index contributed by atoms with van der Waals surface area (Å²) in [5, 5.41) is 1.89. The van der Waals surface area contributed by atoms with Gasteiger partial charge in [0.2, 0.25) is 0 Å². The Hall–Kier alpha value is -2.46. The van der Waals surface area contributed by atoms with Gasteiger partial charge in [0.1, 0.15) is 6.61 Å². The van der Waals surface area contributed by atoms with Crippen molar-refractivity contribution in [1.82, 2.24) is 9.88 Å². The van der Waals surface area contributed by atoms with Gasteiger partial charge in [-0.2, -0.15) is 0 Å². The van der Waals surface area contributed by atoms with Crippen molar-refractivity contribution in [2.45, 2.75) is 25.4 Å². The van der Waals surface area contributed by atoms with E-state index in [1.807, 2.05) is 48.5 Å². The summed E-state index contributed by atoms with van der Waals surface area (Å²) >= 11 is 6.07. The van der Waals surface area contributed by atoms with E-state index in [4.69, 9.17) is 16.3 Å². The molecule has 0 unspecified atom stereocenters. The lowest BCUT2D eigenvalue weighted by molar-refractivity contribution is 0.0869. The fourth-order valence-electron chi connectivity index (χ4n) is 3.53. The van der Waals surface area contributed by atoms with Gasteiger partial charge in [-0.05, 0) is 42.7 Å². The highest BCUT2D eigenvalue weighted by Gasteiger charge is 2.25. The highest BCUT2D eigenvalue weighted by Crippen LogP contribution is 2.31. The van der Waals surface area contributed by atoms with Crippen LogP contribution in [0.15, 0.2) is 54.6 Å². The van der Waals surface area contributed by atoms with E-state index in [0.717, 1.165) is 34.3 Å². The number of aromatic nitrogens is 1. The minimum atomic E-state index is -0.226. The lowest BCUT2D eigenvalue weighted by Gasteiger charge is -2.30. The number of fused-ring (bicyclic) bond motifs is 1. The van der Waals surface area contributed by atoms with Crippen molar-refractivity contribution in [3.8, 4) is 0 Å². The Kier molecular flexibility index (Phi) is 4.85. The number of ether oxygens (including phenoxy) is 1. The average Bonchev–Trinajstić information content (AvgIpc) is 3.10. The van der Waals surface area contributed by atoms with E-state index in [2.05, 4.69) is 11.1 Å². The van der Waals surface area contributed by atoms with Crippen LogP contribution < -0.4 is 0 Å². The average molecular weight is 369 g/mol. The lowest BCUT2D eigenvalue weighted by Crippen LogP contribution is -2.38. The Balaban J connectivity index is 1.33. The Morgan fingerprint density at radius 3 is 2.65 bits per heavy atom. The van der Waals surface area contributed by atoms with Gasteiger partial charge < -0.3 is 14.6 Å². The monoisotopic (exact) mass is 368 g/mol. The molecule has 1 aromatic heterocycles. The molecule has 1 aliphatic rings. The van der Waals surface area contributed by atoms with Gasteiger partial charge in [-0.15, -0.1) is 0 Å². The van der Waals surface area contributed by atoms with Crippen LogP contribution in [0.4, 0.5) is 4.79 Å². The van der Waals surface area contributed by atoms with Crippen LogP contribution in [0.5, 0.6) is 0 Å². The molecule has 2 heterocycles. The van der Waals surface area contributed by atoms with Crippen molar-refractivity contribution in [3.63, 3.8) is 0 Å². The lowest BCUT2D eigenvalue weighted by atomic mass is 9.94. The van der Waals surface area contributed by atoms with Crippen molar-refractivity contribution >= 4 is 28.6 Å². The number of benzene rings is 2. The van der Waals surface area contributed by atoms with Crippen LogP contribution in [-0.4, -0.2) is 29.1 Å². The van der Waals surface area contributed by atoms with Crippen molar-refractivity contribution in [2.75, 3.05) is 13.1 Å². The van der Waals surface area contributed by atoms with E-state index >= 15 is 0 Å². The number of aromatic amines is 1. The Bertz CT molecular complexity index is 899. The number of carbonyl (C=O) groups is 1. The number of nitrogens with zero attached hydrogens (tertiary/aromatic N) is 1. The number of rotatable bonds is 3. The number of hydrogen-bond donors (Lipinski definition) is 1. The molecule has 1 saturated heterocycles. The molecule has 1 amide bonds. The number of hydrogen-bond acceptors (Lipinski definition) is 2. The fourth-order valence-corrected chi connectivity index (χ4v) is 3.71. The number of amides is 1. The molecule has 134 valence electrons. The summed E-state index contributed by atoms with van der Waals surface area (Å²) in [6.45, 7) is 1.76. The summed E-state index contributed by atoms with van der Waals surface area (Å²) in [7, 11) is 0. The van der Waals surface area contributed by atoms with E-state index in [1.165, 1.54) is 5.69 Å². The van der Waals surface area contributed by atoms with Gasteiger partial charge in [0.05, 0.1) is 0 Å². The van der Waals surface area contributed by atoms with Crippen molar-refractivity contribution in [1.29, 1.82) is 0 Å². The maximum Gasteiger partial charge on any atom is 0.410 e. The van der Waals surface area contributed by atoms with E-state index in [9.17, 15) is 4.79 Å². The van der Waals surface area contributed by atoms with Gasteiger partial charge in [-0.3, -0.25) is 0 Å². The van der Waals surface area contributed by atoms with Crippen LogP contribution >= 0.6 is 11.6 Å². The zero-order valence-electron chi connectivity index (χ0n) is 14.5. The topological polar surface area (TPSA) is 45.3 Å². The van der Waals surface area contributed by atoms with Gasteiger partial charge in [0, 0.05) is 40.6 Å². The van der Waals surface area contributed by atoms with Crippen LogP contribution in [0.25, 0.3) is 10.9 Å². The predicted octanol–water partition coefficient (Wildman–Crippen LogP) is 5.34. The van der Waals surface area contributed by atoms with Crippen molar-refractivity contribution < 1.29 is 9.53 Å². The zero-order valence-corrected chi connectivity index (χ0v) is 15.2. The molecule has 1 fully saturated rings. The SMILES string of the molecule is O=C(OCc1ccccc1)N1CCC(c2cc3cc(Cl)ccc3[nH]2)CC1. The standard InChI is InChI=1S/C21H21ClN2O2/c22-18-6-7-19-17(12-18)13-20(23-19)16-8-10-24(11-9-16)21(25)26-14-15-4-2-1-3-5-15/h1-7,12-13,16,23H,8-11,14H2. The van der Waals surface area contributed by atoms with Gasteiger partial charge in [0.25, 0.3) is 0 Å². The summed E-state index contributed by atoms with van der Waals surface area (Å²) in [5.74, 6) is 0.430. The van der Waals surface area contributed by atoms with Crippen molar-refractivity contribution in [2.24, 2.45) is 0 Å². The number of carbonyl (C=O) groups excluding carboxylic acids is 1. The van der Waals surface area contributed by atoms with Crippen LogP contribution in [0.3, 0.4) is 0 Å². The molecule has 0 spiro atoms. The molecule has 3 aromatic rings. The molecule has 0 aliphatic carbocycles. The summed E-state index contributed by atoms with van der Waals surface area (Å²) in [4.78, 5) is 17.6. The molecule has 5 heteroatoms. The quantitative estimate of drug-likeness (QED) is 0.678. The molecule has 0 radical (unpaired) electrons. The molecule has 1 N–H and O–H groups in total. The van der Waals surface area contributed by atoms with Gasteiger partial charge >= 0.3 is 6.09 Å². The smallest absolute Gasteiger partial charge is 0.410 e. The first-order chi connectivity index (χ1) is 12.7. The van der Waals surface area contributed by atoms with E-state index in [1.54, 1.807) is 4.90 Å². The zero-order chi connectivity index (χ0) is 17.9. The third-order valence-electron chi connectivity index (χ3n) is 5.00. The molecule has 2 aromatic carbocycles. The van der Waals surface area contributed by atoms with Crippen LogP contribution in [0.2, 0.25) is 5.02 Å². The van der Waals surface area contributed by atoms with Gasteiger partial charge in [0.15, 0.2) is 0 Å². The number of nitrogens with one attached hydrogen (secondary N) is 1. The molecule has 4 rings (SSSR count). The van der Waals surface area contributed by atoms with Crippen LogP contribution in [-0.2, 0) is 11.3 Å². The summed E-state index contributed by atoms with van der Waals surface area (Å²) in [6, 6.07) is 17.8. The third kappa shape index (κ3) is 3.70. The molecular weight excluding hydrogens is 348 g/mol. The molecular formula is C21H21ClN2O2. The number of piperidine rings is 1. The highest BCUT2D eigenvalue weighted by atomic mass is 35.5. The predicted molar refractivity (Wildman–Crippen MR) is 103 cm³/mol. The Morgan fingerprint density at radius 1 is 1.12 bits per heavy atom. The number of halogens is 1. The first-order valence-electron chi connectivity index (χ1n) is 8.93. The summed E-state index contributed by atoms with van der Waals surface area (Å²) in [6.07, 6.45) is 1.64. The third-order valence-corrected chi connectivity index (χ3v) is 5.24. The van der Waals surface area contributed by atoms with Gasteiger partial charge in [-0.25, -0.2) is 4.79 Å². The first-order valence-corrected chi connectivity index (χ1v) is 9.30. The second-order valence-corrected chi connectivity index (χ2v) is 7.19. The van der Waals surface area contributed by atoms with E-state index in [0.29, 0.717) is 25.6 Å². The maximum absolute atomic E-state index is 12.3. The maximum atomic E-state index is 12.3. The van der Waals surface area contributed by atoms with Crippen LogP contribution in [0.1, 0.15) is 30.0 Å². The number of likely N-dealkylation sites (tertiary alicyclic amines) is 1. The normalized spacial score (nSPS) is 15.3. The second-order valence-electron chi connectivity index (χ2n) is 6.76. The summed E-state index contributed by atoms with van der Waals surface area (Å²) in [5.41, 5.74) is 3.33. The Labute approximate surface area is 157 Å². The highest BCUT2D eigenvalue weighted by molar-refractivity contribution is 6.31. The molecule has 0 atom stereocenters. The largest absolute Gasteiger partial charge is 0.445 e. The van der Waals surface area contributed by atoms with Crippen molar-refractivity contribution in [3.05, 3.63) is 70.9 Å². The molecule has 0 bridgehead atoms. The summed E-state index contributed by atoms with van der Waals surface area (Å²) < 4.78 is 5.43. The molecule has 1 aliphatic heterocycles. The van der Waals surface area contributed by atoms with Gasteiger partial charge in [-0.1, -0.05) is 41.9 Å². The molecule has 4 nitrogen and oxygen atoms in total. The van der Waals surface area contributed by atoms with Crippen LogP contribution in [0, 0.1) is 0 Å². The minimum Gasteiger partial charge on any atom is -0.445 e. The fraction of sp³-hybridized carbons (Fsp3) is 0.286. The number of H-pyrrole nitrogens is 1.